The average Bonchev–Trinajstić information content (AvgIpc) is 3.39. The normalized spacial score (nSPS) is 18.7. The molecule has 0 aromatic carbocycles. The highest BCUT2D eigenvalue weighted by Crippen LogP contribution is 2.26. The topological polar surface area (TPSA) is 175 Å². The Morgan fingerprint density at radius 3 is 1.20 bits per heavy atom. The molecule has 12 heteroatoms. The molecule has 1 saturated heterocycles. The first-order chi connectivity index (χ1) is 36.6. The lowest BCUT2D eigenvalue weighted by Gasteiger charge is -2.40. The molecule has 3 N–H and O–H groups in total. The minimum absolute atomic E-state index is 0.0396. The second-order valence-electron chi connectivity index (χ2n) is 20.3. The van der Waals surface area contributed by atoms with E-state index >= 15 is 0 Å². The number of hydrogen-bond donors (Lipinski definition) is 3. The zero-order valence-corrected chi connectivity index (χ0v) is 47.3. The largest absolute Gasteiger partial charge is 0.479 e. The van der Waals surface area contributed by atoms with E-state index in [1.165, 1.54) is 57.8 Å². The van der Waals surface area contributed by atoms with Crippen molar-refractivity contribution in [2.75, 3.05) is 13.2 Å². The molecule has 0 aromatic heterocycles. The van der Waals surface area contributed by atoms with Crippen LogP contribution in [0.4, 0.5) is 0 Å². The smallest absolute Gasteiger partial charge is 0.335 e. The first-order valence-electron chi connectivity index (χ1n) is 29.9. The van der Waals surface area contributed by atoms with Crippen molar-refractivity contribution in [1.82, 2.24) is 0 Å². The molecule has 0 aliphatic carbocycles. The Morgan fingerprint density at radius 2 is 0.800 bits per heavy atom. The zero-order valence-electron chi connectivity index (χ0n) is 47.3. The maximum Gasteiger partial charge on any atom is 0.335 e. The highest BCUT2D eigenvalue weighted by Gasteiger charge is 2.50. The number of esters is 3. The summed E-state index contributed by atoms with van der Waals surface area (Å²) < 4.78 is 28.4. The Hall–Kier alpha value is -3.84. The maximum atomic E-state index is 13.1. The standard InChI is InChI=1S/C63H106O12/c1-4-7-10-13-16-19-22-25-28-31-34-37-40-43-46-49-55(64)71-52-54(73-56(65)50-47-44-41-38-35-32-29-26-23-20-17-14-11-8-5-2)53-72-63-61(59(68)58(67)60(75-63)62(69)70)74-57(66)51-48-45-42-39-36-33-30-27-24-21-18-15-12-9-6-3/h16-21,25-30,54,58-61,63,67-68H,4-15,22-24,31-53H2,1-3H3,(H,69,70)/b19-16-,20-17-,21-18-,28-25-,29-26-,30-27-. The van der Waals surface area contributed by atoms with Gasteiger partial charge in [0.05, 0.1) is 6.61 Å². The van der Waals surface area contributed by atoms with E-state index in [4.69, 9.17) is 23.7 Å². The van der Waals surface area contributed by atoms with Crippen molar-refractivity contribution in [2.45, 2.75) is 289 Å². The number of carbonyl (C=O) groups is 4. The van der Waals surface area contributed by atoms with Crippen LogP contribution < -0.4 is 0 Å². The molecule has 0 amide bonds. The summed E-state index contributed by atoms with van der Waals surface area (Å²) in [7, 11) is 0. The second-order valence-corrected chi connectivity index (χ2v) is 20.3. The molecule has 1 rings (SSSR count). The predicted molar refractivity (Wildman–Crippen MR) is 303 cm³/mol. The first-order valence-corrected chi connectivity index (χ1v) is 29.9. The van der Waals surface area contributed by atoms with Crippen molar-refractivity contribution in [1.29, 1.82) is 0 Å². The molecule has 0 aromatic rings. The van der Waals surface area contributed by atoms with Crippen LogP contribution in [-0.2, 0) is 42.9 Å². The average molecular weight is 1060 g/mol. The summed E-state index contributed by atoms with van der Waals surface area (Å²) in [6, 6.07) is 0. The molecule has 1 heterocycles. The minimum Gasteiger partial charge on any atom is -0.479 e. The zero-order chi connectivity index (χ0) is 54.7. The highest BCUT2D eigenvalue weighted by molar-refractivity contribution is 5.74. The molecule has 75 heavy (non-hydrogen) atoms. The molecule has 0 spiro atoms. The van der Waals surface area contributed by atoms with Gasteiger partial charge in [-0.05, 0) is 116 Å². The van der Waals surface area contributed by atoms with Crippen molar-refractivity contribution < 1.29 is 58.2 Å². The van der Waals surface area contributed by atoms with Crippen LogP contribution in [0.3, 0.4) is 0 Å². The molecule has 1 fully saturated rings. The lowest BCUT2D eigenvalue weighted by molar-refractivity contribution is -0.301. The number of hydrogen-bond acceptors (Lipinski definition) is 11. The van der Waals surface area contributed by atoms with Crippen LogP contribution in [0.5, 0.6) is 0 Å². The fraction of sp³-hybridized carbons (Fsp3) is 0.746. The van der Waals surface area contributed by atoms with Crippen LogP contribution in [0.25, 0.3) is 0 Å². The van der Waals surface area contributed by atoms with Gasteiger partial charge in [0, 0.05) is 19.3 Å². The van der Waals surface area contributed by atoms with Crippen LogP contribution in [0.15, 0.2) is 72.9 Å². The number of aliphatic hydroxyl groups is 2. The third kappa shape index (κ3) is 41.0. The summed E-state index contributed by atoms with van der Waals surface area (Å²) in [5.74, 6) is -3.17. The summed E-state index contributed by atoms with van der Waals surface area (Å²) in [6.07, 6.45) is 51.4. The van der Waals surface area contributed by atoms with Crippen LogP contribution >= 0.6 is 0 Å². The molecule has 430 valence electrons. The van der Waals surface area contributed by atoms with Gasteiger partial charge in [-0.2, -0.15) is 0 Å². The first kappa shape index (κ1) is 69.2. The fourth-order valence-corrected chi connectivity index (χ4v) is 8.57. The fourth-order valence-electron chi connectivity index (χ4n) is 8.57. The molecular weight excluding hydrogens is 949 g/mol. The van der Waals surface area contributed by atoms with Crippen LogP contribution in [0.1, 0.15) is 252 Å². The van der Waals surface area contributed by atoms with E-state index in [9.17, 15) is 34.5 Å². The SMILES string of the molecule is CCCCC/C=C\C/C=C\CCCCCCCC(=O)OCC(COC1OC(C(=O)O)C(O)C(O)C1OC(=O)CCCCCCC/C=C\C/C=C\CCCCC)OC(=O)CCCCCCC/C=C\C/C=C\CCCCC. The third-order valence-corrected chi connectivity index (χ3v) is 13.2. The van der Waals surface area contributed by atoms with E-state index in [1.54, 1.807) is 0 Å². The maximum absolute atomic E-state index is 13.1. The van der Waals surface area contributed by atoms with Gasteiger partial charge in [0.15, 0.2) is 24.6 Å². The van der Waals surface area contributed by atoms with Crippen molar-refractivity contribution >= 4 is 23.9 Å². The number of aliphatic hydroxyl groups excluding tert-OH is 2. The molecular formula is C63H106O12. The molecule has 1 aliphatic heterocycles. The third-order valence-electron chi connectivity index (χ3n) is 13.2. The molecule has 12 nitrogen and oxygen atoms in total. The van der Waals surface area contributed by atoms with Crippen molar-refractivity contribution in [3.8, 4) is 0 Å². The van der Waals surface area contributed by atoms with Gasteiger partial charge < -0.3 is 39.0 Å². The van der Waals surface area contributed by atoms with Crippen molar-refractivity contribution in [2.24, 2.45) is 0 Å². The lowest BCUT2D eigenvalue weighted by atomic mass is 9.98. The Bertz CT molecular complexity index is 1580. The summed E-state index contributed by atoms with van der Waals surface area (Å²) >= 11 is 0. The Kier molecular flexibility index (Phi) is 47.0. The number of unbranched alkanes of at least 4 members (excludes halogenated alkanes) is 24. The van der Waals surface area contributed by atoms with Gasteiger partial charge >= 0.3 is 23.9 Å². The van der Waals surface area contributed by atoms with Crippen LogP contribution in [0.2, 0.25) is 0 Å². The van der Waals surface area contributed by atoms with Gasteiger partial charge in [0.25, 0.3) is 0 Å². The van der Waals surface area contributed by atoms with Crippen molar-refractivity contribution in [3.63, 3.8) is 0 Å². The Balaban J connectivity index is 2.72. The van der Waals surface area contributed by atoms with E-state index in [0.29, 0.717) is 19.3 Å². The Labute approximate surface area is 455 Å². The quantitative estimate of drug-likeness (QED) is 0.0228. The number of allylic oxidation sites excluding steroid dienone is 12. The number of carboxylic acids is 1. The van der Waals surface area contributed by atoms with Gasteiger partial charge in [0.1, 0.15) is 18.8 Å². The predicted octanol–water partition coefficient (Wildman–Crippen LogP) is 15.3. The number of carboxylic acid groups (broad SMARTS) is 1. The van der Waals surface area contributed by atoms with Crippen LogP contribution in [0, 0.1) is 0 Å². The van der Waals surface area contributed by atoms with Crippen LogP contribution in [-0.4, -0.2) is 89.2 Å². The van der Waals surface area contributed by atoms with Gasteiger partial charge in [-0.15, -0.1) is 0 Å². The van der Waals surface area contributed by atoms with Gasteiger partial charge in [-0.1, -0.05) is 190 Å². The molecule has 6 atom stereocenters. The summed E-state index contributed by atoms with van der Waals surface area (Å²) in [5.41, 5.74) is 0. The molecule has 0 saturated carbocycles. The molecule has 0 bridgehead atoms. The van der Waals surface area contributed by atoms with Gasteiger partial charge in [-0.25, -0.2) is 4.79 Å². The second kappa shape index (κ2) is 50.9. The van der Waals surface area contributed by atoms with E-state index in [2.05, 4.69) is 93.7 Å². The van der Waals surface area contributed by atoms with Crippen molar-refractivity contribution in [3.05, 3.63) is 72.9 Å². The number of carbonyl (C=O) groups excluding carboxylic acids is 3. The number of rotatable bonds is 50. The number of aliphatic carboxylic acids is 1. The number of ether oxygens (including phenoxy) is 5. The highest BCUT2D eigenvalue weighted by atomic mass is 16.7. The van der Waals surface area contributed by atoms with E-state index in [0.717, 1.165) is 135 Å². The monoisotopic (exact) mass is 1050 g/mol. The van der Waals surface area contributed by atoms with Gasteiger partial charge in [-0.3, -0.25) is 14.4 Å². The summed E-state index contributed by atoms with van der Waals surface area (Å²) in [6.45, 7) is 5.89. The minimum atomic E-state index is -1.91. The summed E-state index contributed by atoms with van der Waals surface area (Å²) in [4.78, 5) is 51.1. The molecule has 0 radical (unpaired) electrons. The van der Waals surface area contributed by atoms with E-state index in [-0.39, 0.29) is 25.9 Å². The molecule has 1 aliphatic rings. The Morgan fingerprint density at radius 1 is 0.440 bits per heavy atom. The van der Waals surface area contributed by atoms with E-state index in [1.807, 2.05) is 0 Å². The molecule has 6 unspecified atom stereocenters. The summed E-state index contributed by atoms with van der Waals surface area (Å²) in [5, 5.41) is 31.5. The van der Waals surface area contributed by atoms with E-state index < -0.39 is 67.3 Å². The lowest BCUT2D eigenvalue weighted by Crippen LogP contribution is -2.61. The van der Waals surface area contributed by atoms with Gasteiger partial charge in [0.2, 0.25) is 0 Å².